The fraction of sp³-hybridized carbons (Fsp3) is 0.111. The number of nitrogens with zero attached hydrogens (tertiary/aromatic N) is 1. The summed E-state index contributed by atoms with van der Waals surface area (Å²) in [5, 5.41) is 4.12. The number of para-hydroxylation sites is 1. The molecule has 3 rings (SSSR count). The second-order valence-corrected chi connectivity index (χ2v) is 7.10. The zero-order chi connectivity index (χ0) is 18.7. The lowest BCUT2D eigenvalue weighted by molar-refractivity contribution is -0.115. The van der Waals surface area contributed by atoms with Crippen LogP contribution in [0, 0.1) is 0 Å². The molecule has 26 heavy (non-hydrogen) atoms. The molecule has 1 aliphatic rings. The first kappa shape index (κ1) is 18.6. The van der Waals surface area contributed by atoms with E-state index in [9.17, 15) is 4.79 Å². The lowest BCUT2D eigenvalue weighted by Gasteiger charge is -2.10. The topological polar surface area (TPSA) is 59.9 Å². The maximum Gasteiger partial charge on any atom is 0.264 e. The Balaban J connectivity index is 1.91. The number of carbonyl (C=O) groups is 1. The normalized spacial score (nSPS) is 16.8. The van der Waals surface area contributed by atoms with Crippen molar-refractivity contribution < 1.29 is 14.3 Å². The van der Waals surface area contributed by atoms with E-state index < -0.39 is 0 Å². The summed E-state index contributed by atoms with van der Waals surface area (Å²) in [7, 11) is 3.12. The van der Waals surface area contributed by atoms with Gasteiger partial charge in [-0.25, -0.2) is 4.99 Å². The molecule has 1 N–H and O–H groups in total. The van der Waals surface area contributed by atoms with Gasteiger partial charge in [0.15, 0.2) is 16.7 Å². The summed E-state index contributed by atoms with van der Waals surface area (Å²) < 4.78 is 10.7. The molecule has 1 fully saturated rings. The Labute approximate surface area is 165 Å². The molecular weight excluding hydrogens is 395 g/mol. The van der Waals surface area contributed by atoms with E-state index >= 15 is 0 Å². The van der Waals surface area contributed by atoms with Crippen molar-refractivity contribution in [1.82, 2.24) is 5.32 Å². The summed E-state index contributed by atoms with van der Waals surface area (Å²) >= 11 is 13.2. The largest absolute Gasteiger partial charge is 0.493 e. The average molecular weight is 409 g/mol. The third-order valence-electron chi connectivity index (χ3n) is 3.45. The quantitative estimate of drug-likeness (QED) is 0.730. The zero-order valence-electron chi connectivity index (χ0n) is 13.9. The van der Waals surface area contributed by atoms with Crippen LogP contribution in [0.2, 0.25) is 10.0 Å². The molecule has 2 aromatic carbocycles. The fourth-order valence-corrected chi connectivity index (χ4v) is 3.72. The highest BCUT2D eigenvalue weighted by Gasteiger charge is 2.24. The Bertz CT molecular complexity index is 908. The van der Waals surface area contributed by atoms with Gasteiger partial charge < -0.3 is 14.8 Å². The Hall–Kier alpha value is -2.15. The van der Waals surface area contributed by atoms with Crippen molar-refractivity contribution >= 4 is 57.8 Å². The van der Waals surface area contributed by atoms with E-state index in [-0.39, 0.29) is 5.91 Å². The highest BCUT2D eigenvalue weighted by Crippen LogP contribution is 2.35. The molecule has 1 heterocycles. The van der Waals surface area contributed by atoms with Gasteiger partial charge in [0.25, 0.3) is 5.91 Å². The van der Waals surface area contributed by atoms with Gasteiger partial charge in [-0.05, 0) is 42.1 Å². The summed E-state index contributed by atoms with van der Waals surface area (Å²) in [4.78, 5) is 17.1. The van der Waals surface area contributed by atoms with Crippen LogP contribution in [0.25, 0.3) is 6.08 Å². The molecule has 0 unspecified atom stereocenters. The minimum Gasteiger partial charge on any atom is -0.493 e. The van der Waals surface area contributed by atoms with Gasteiger partial charge in [-0.2, -0.15) is 0 Å². The molecule has 1 amide bonds. The summed E-state index contributed by atoms with van der Waals surface area (Å²) in [6.07, 6.45) is 1.73. The molecule has 0 aromatic heterocycles. The number of methoxy groups -OCH3 is 2. The average Bonchev–Trinajstić information content (AvgIpc) is 2.92. The Morgan fingerprint density at radius 3 is 2.50 bits per heavy atom. The van der Waals surface area contributed by atoms with Gasteiger partial charge in [0.2, 0.25) is 0 Å². The number of rotatable bonds is 4. The molecule has 1 saturated heterocycles. The van der Waals surface area contributed by atoms with Crippen molar-refractivity contribution in [3.05, 3.63) is 56.9 Å². The van der Waals surface area contributed by atoms with E-state index in [2.05, 4.69) is 10.3 Å². The molecule has 134 valence electrons. The number of benzene rings is 2. The third kappa shape index (κ3) is 4.15. The van der Waals surface area contributed by atoms with Crippen LogP contribution in [0.15, 0.2) is 46.3 Å². The van der Waals surface area contributed by atoms with Crippen molar-refractivity contribution in [2.75, 3.05) is 14.2 Å². The maximum atomic E-state index is 12.3. The van der Waals surface area contributed by atoms with Gasteiger partial charge in [-0.3, -0.25) is 4.79 Å². The van der Waals surface area contributed by atoms with E-state index in [1.807, 2.05) is 12.1 Å². The van der Waals surface area contributed by atoms with Crippen molar-refractivity contribution in [3.8, 4) is 11.5 Å². The highest BCUT2D eigenvalue weighted by atomic mass is 35.5. The summed E-state index contributed by atoms with van der Waals surface area (Å²) in [5.74, 6) is 0.905. The number of nitrogens with one attached hydrogen (secondary N) is 1. The number of thioether (sulfide) groups is 1. The third-order valence-corrected chi connectivity index (χ3v) is 4.80. The van der Waals surface area contributed by atoms with Gasteiger partial charge in [0, 0.05) is 15.6 Å². The van der Waals surface area contributed by atoms with E-state index in [0.717, 1.165) is 5.56 Å². The van der Waals surface area contributed by atoms with Crippen LogP contribution in [-0.4, -0.2) is 25.3 Å². The number of carbonyl (C=O) groups excluding carboxylic acids is 1. The lowest BCUT2D eigenvalue weighted by Crippen LogP contribution is -2.19. The maximum absolute atomic E-state index is 12.3. The second kappa shape index (κ2) is 8.03. The molecular formula is C18H14Cl2N2O3S. The highest BCUT2D eigenvalue weighted by molar-refractivity contribution is 8.18. The molecule has 0 spiro atoms. The van der Waals surface area contributed by atoms with Crippen LogP contribution in [0.4, 0.5) is 5.69 Å². The van der Waals surface area contributed by atoms with Gasteiger partial charge in [-0.1, -0.05) is 35.3 Å². The first-order valence-electron chi connectivity index (χ1n) is 7.47. The number of ether oxygens (including phenoxy) is 2. The minimum atomic E-state index is -0.244. The van der Waals surface area contributed by atoms with Gasteiger partial charge in [0.1, 0.15) is 0 Å². The predicted molar refractivity (Wildman–Crippen MR) is 107 cm³/mol. The summed E-state index contributed by atoms with van der Waals surface area (Å²) in [6, 6.07) is 10.4. The number of aliphatic imine (C=N–C) groups is 1. The molecule has 0 bridgehead atoms. The smallest absolute Gasteiger partial charge is 0.264 e. The van der Waals surface area contributed by atoms with Gasteiger partial charge >= 0.3 is 0 Å². The van der Waals surface area contributed by atoms with E-state index in [1.165, 1.54) is 11.8 Å². The molecule has 0 atom stereocenters. The van der Waals surface area contributed by atoms with Crippen LogP contribution >= 0.6 is 35.0 Å². The molecule has 2 aromatic rings. The van der Waals surface area contributed by atoms with Crippen LogP contribution in [0.1, 0.15) is 5.56 Å². The van der Waals surface area contributed by atoms with E-state index in [1.54, 1.807) is 44.6 Å². The zero-order valence-corrected chi connectivity index (χ0v) is 16.2. The first-order chi connectivity index (χ1) is 12.5. The molecule has 0 saturated carbocycles. The molecule has 0 radical (unpaired) electrons. The number of amides is 1. The van der Waals surface area contributed by atoms with E-state index in [0.29, 0.717) is 37.3 Å². The number of amidine groups is 1. The fourth-order valence-electron chi connectivity index (χ4n) is 2.37. The summed E-state index contributed by atoms with van der Waals surface area (Å²) in [6.45, 7) is 0. The minimum absolute atomic E-state index is 0.244. The van der Waals surface area contributed by atoms with Crippen LogP contribution in [0.5, 0.6) is 11.5 Å². The van der Waals surface area contributed by atoms with Gasteiger partial charge in [-0.15, -0.1) is 0 Å². The van der Waals surface area contributed by atoms with Crippen molar-refractivity contribution in [1.29, 1.82) is 0 Å². The second-order valence-electron chi connectivity index (χ2n) is 5.19. The van der Waals surface area contributed by atoms with Crippen molar-refractivity contribution in [2.24, 2.45) is 4.99 Å². The molecule has 5 nitrogen and oxygen atoms in total. The first-order valence-corrected chi connectivity index (χ1v) is 9.04. The molecule has 1 aliphatic heterocycles. The molecule has 8 heteroatoms. The van der Waals surface area contributed by atoms with Crippen molar-refractivity contribution in [3.63, 3.8) is 0 Å². The van der Waals surface area contributed by atoms with E-state index in [4.69, 9.17) is 32.7 Å². The Morgan fingerprint density at radius 1 is 1.12 bits per heavy atom. The van der Waals surface area contributed by atoms with Crippen molar-refractivity contribution in [2.45, 2.75) is 0 Å². The number of hydrogen-bond donors (Lipinski definition) is 1. The molecule has 0 aliphatic carbocycles. The number of halogens is 2. The standard InChI is InChI=1S/C18H14Cl2N2O3S/c1-24-14-5-3-4-10(16(14)25-2)6-15-17(23)22-18(26-15)21-13-8-11(19)7-12(20)9-13/h3-9H,1-2H3,(H,21,22,23). The van der Waals surface area contributed by atoms with Gasteiger partial charge in [0.05, 0.1) is 24.8 Å². The number of hydrogen-bond acceptors (Lipinski definition) is 5. The van der Waals surface area contributed by atoms with Crippen LogP contribution in [0.3, 0.4) is 0 Å². The lowest BCUT2D eigenvalue weighted by atomic mass is 10.1. The Kier molecular flexibility index (Phi) is 5.76. The van der Waals surface area contributed by atoms with Crippen LogP contribution in [-0.2, 0) is 4.79 Å². The monoisotopic (exact) mass is 408 g/mol. The SMILES string of the molecule is COc1cccc(C=C2SC(=Nc3cc(Cl)cc(Cl)c3)NC2=O)c1OC. The summed E-state index contributed by atoms with van der Waals surface area (Å²) in [5.41, 5.74) is 1.29. The Morgan fingerprint density at radius 2 is 1.85 bits per heavy atom. The predicted octanol–water partition coefficient (Wildman–Crippen LogP) is 4.90. The van der Waals surface area contributed by atoms with Crippen LogP contribution < -0.4 is 14.8 Å².